The lowest BCUT2D eigenvalue weighted by atomic mass is 10.1. The highest BCUT2D eigenvalue weighted by atomic mass is 16.2. The van der Waals surface area contributed by atoms with E-state index in [1.54, 1.807) is 0 Å². The van der Waals surface area contributed by atoms with Crippen LogP contribution in [0.5, 0.6) is 0 Å². The maximum atomic E-state index is 11.6. The van der Waals surface area contributed by atoms with Crippen LogP contribution in [-0.4, -0.2) is 23.7 Å². The van der Waals surface area contributed by atoms with E-state index in [-0.39, 0.29) is 18.6 Å². The summed E-state index contributed by atoms with van der Waals surface area (Å²) in [7, 11) is 0. The summed E-state index contributed by atoms with van der Waals surface area (Å²) in [5, 5.41) is 11.6. The number of carbonyl (C=O) groups is 1. The Morgan fingerprint density at radius 3 is 2.69 bits per heavy atom. The van der Waals surface area contributed by atoms with Gasteiger partial charge in [0, 0.05) is 12.6 Å². The van der Waals surface area contributed by atoms with Gasteiger partial charge >= 0.3 is 0 Å². The summed E-state index contributed by atoms with van der Waals surface area (Å²) in [5.74, 6) is 0.0386. The van der Waals surface area contributed by atoms with Crippen molar-refractivity contribution >= 4 is 5.91 Å². The smallest absolute Gasteiger partial charge is 0.224 e. The molecule has 2 N–H and O–H groups in total. The minimum atomic E-state index is 0.0386. The zero-order valence-corrected chi connectivity index (χ0v) is 9.65. The molecule has 1 rings (SSSR count). The first kappa shape index (κ1) is 12.7. The third-order valence-corrected chi connectivity index (χ3v) is 2.41. The van der Waals surface area contributed by atoms with Crippen molar-refractivity contribution in [2.75, 3.05) is 6.61 Å². The van der Waals surface area contributed by atoms with Crippen molar-refractivity contribution in [2.45, 2.75) is 32.2 Å². The zero-order valence-electron chi connectivity index (χ0n) is 9.65. The topological polar surface area (TPSA) is 49.3 Å². The molecule has 3 nitrogen and oxygen atoms in total. The van der Waals surface area contributed by atoms with Crippen molar-refractivity contribution < 1.29 is 9.90 Å². The molecule has 1 amide bonds. The lowest BCUT2D eigenvalue weighted by molar-refractivity contribution is -0.121. The van der Waals surface area contributed by atoms with Gasteiger partial charge in [0.15, 0.2) is 0 Å². The van der Waals surface area contributed by atoms with Crippen LogP contribution in [0, 0.1) is 0 Å². The van der Waals surface area contributed by atoms with Crippen molar-refractivity contribution in [2.24, 2.45) is 0 Å². The van der Waals surface area contributed by atoms with Crippen molar-refractivity contribution in [3.05, 3.63) is 35.9 Å². The van der Waals surface area contributed by atoms with E-state index < -0.39 is 0 Å². The van der Waals surface area contributed by atoms with E-state index in [9.17, 15) is 4.79 Å². The van der Waals surface area contributed by atoms with Crippen molar-refractivity contribution in [1.82, 2.24) is 5.32 Å². The van der Waals surface area contributed by atoms with Crippen LogP contribution < -0.4 is 5.32 Å². The average Bonchev–Trinajstić information content (AvgIpc) is 2.27. The molecule has 0 radical (unpaired) electrons. The number of carbonyl (C=O) groups excluding carboxylic acids is 1. The van der Waals surface area contributed by atoms with Crippen LogP contribution in [-0.2, 0) is 11.2 Å². The molecule has 1 atom stereocenters. The molecule has 1 aromatic carbocycles. The highest BCUT2D eigenvalue weighted by Gasteiger charge is 2.07. The van der Waals surface area contributed by atoms with Crippen molar-refractivity contribution in [3.8, 4) is 0 Å². The molecule has 1 unspecified atom stereocenters. The predicted octanol–water partition coefficient (Wildman–Crippen LogP) is 1.51. The molecular formula is C13H19NO2. The Balaban J connectivity index is 2.31. The first-order valence-corrected chi connectivity index (χ1v) is 5.66. The second kappa shape index (κ2) is 7.01. The van der Waals surface area contributed by atoms with E-state index in [1.165, 1.54) is 0 Å². The highest BCUT2D eigenvalue weighted by Crippen LogP contribution is 2.01. The highest BCUT2D eigenvalue weighted by molar-refractivity contribution is 5.78. The Hall–Kier alpha value is -1.35. The average molecular weight is 221 g/mol. The van der Waals surface area contributed by atoms with Gasteiger partial charge in [-0.15, -0.1) is 0 Å². The Morgan fingerprint density at radius 1 is 1.38 bits per heavy atom. The summed E-state index contributed by atoms with van der Waals surface area (Å²) in [4.78, 5) is 11.6. The number of rotatable bonds is 6. The molecule has 0 fully saturated rings. The van der Waals surface area contributed by atoms with Crippen LogP contribution in [0.1, 0.15) is 25.3 Å². The van der Waals surface area contributed by atoms with Crippen LogP contribution in [0.4, 0.5) is 0 Å². The maximum Gasteiger partial charge on any atom is 0.224 e. The number of aliphatic hydroxyl groups excluding tert-OH is 1. The number of hydrogen-bond acceptors (Lipinski definition) is 2. The SMILES string of the molecule is CC(CCCO)NC(=O)Cc1ccccc1. The molecule has 0 saturated carbocycles. The largest absolute Gasteiger partial charge is 0.396 e. The van der Waals surface area contributed by atoms with Gasteiger partial charge < -0.3 is 10.4 Å². The van der Waals surface area contributed by atoms with E-state index in [4.69, 9.17) is 5.11 Å². The molecule has 88 valence electrons. The van der Waals surface area contributed by atoms with Crippen LogP contribution in [0.3, 0.4) is 0 Å². The summed E-state index contributed by atoms with van der Waals surface area (Å²) in [5.41, 5.74) is 1.02. The zero-order chi connectivity index (χ0) is 11.8. The standard InChI is InChI=1S/C13H19NO2/c1-11(6-5-9-15)14-13(16)10-12-7-3-2-4-8-12/h2-4,7-8,11,15H,5-6,9-10H2,1H3,(H,14,16). The number of nitrogens with one attached hydrogen (secondary N) is 1. The van der Waals surface area contributed by atoms with E-state index in [0.717, 1.165) is 18.4 Å². The van der Waals surface area contributed by atoms with E-state index in [2.05, 4.69) is 5.32 Å². The minimum absolute atomic E-state index is 0.0386. The van der Waals surface area contributed by atoms with Crippen LogP contribution in [0.15, 0.2) is 30.3 Å². The molecule has 1 aromatic rings. The quantitative estimate of drug-likeness (QED) is 0.765. The molecule has 0 aliphatic carbocycles. The second-order valence-electron chi connectivity index (χ2n) is 4.00. The Labute approximate surface area is 96.5 Å². The Kier molecular flexibility index (Phi) is 5.57. The molecule has 0 heterocycles. The van der Waals surface area contributed by atoms with E-state index >= 15 is 0 Å². The Morgan fingerprint density at radius 2 is 2.06 bits per heavy atom. The van der Waals surface area contributed by atoms with Gasteiger partial charge in [-0.1, -0.05) is 30.3 Å². The summed E-state index contributed by atoms with van der Waals surface area (Å²) >= 11 is 0. The lowest BCUT2D eigenvalue weighted by Crippen LogP contribution is -2.33. The fraction of sp³-hybridized carbons (Fsp3) is 0.462. The molecule has 3 heteroatoms. The molecule has 0 saturated heterocycles. The van der Waals surface area contributed by atoms with Crippen molar-refractivity contribution in [1.29, 1.82) is 0 Å². The normalized spacial score (nSPS) is 12.1. The van der Waals surface area contributed by atoms with Gasteiger partial charge in [-0.3, -0.25) is 4.79 Å². The molecular weight excluding hydrogens is 202 g/mol. The number of hydrogen-bond donors (Lipinski definition) is 2. The van der Waals surface area contributed by atoms with Gasteiger partial charge in [0.25, 0.3) is 0 Å². The number of amides is 1. The van der Waals surface area contributed by atoms with Crippen LogP contribution >= 0.6 is 0 Å². The van der Waals surface area contributed by atoms with Gasteiger partial charge in [0.05, 0.1) is 6.42 Å². The van der Waals surface area contributed by atoms with Gasteiger partial charge in [-0.05, 0) is 25.3 Å². The molecule has 0 aliphatic heterocycles. The summed E-state index contributed by atoms with van der Waals surface area (Å²) in [6, 6.07) is 9.81. The summed E-state index contributed by atoms with van der Waals surface area (Å²) in [6.07, 6.45) is 1.97. The first-order valence-electron chi connectivity index (χ1n) is 5.66. The van der Waals surface area contributed by atoms with Gasteiger partial charge in [-0.2, -0.15) is 0 Å². The monoisotopic (exact) mass is 221 g/mol. The number of aliphatic hydroxyl groups is 1. The third-order valence-electron chi connectivity index (χ3n) is 2.41. The fourth-order valence-corrected chi connectivity index (χ4v) is 1.58. The number of benzene rings is 1. The molecule has 0 aromatic heterocycles. The summed E-state index contributed by atoms with van der Waals surface area (Å²) in [6.45, 7) is 2.14. The van der Waals surface area contributed by atoms with Crippen LogP contribution in [0.2, 0.25) is 0 Å². The van der Waals surface area contributed by atoms with E-state index in [0.29, 0.717) is 6.42 Å². The molecule has 16 heavy (non-hydrogen) atoms. The molecule has 0 spiro atoms. The minimum Gasteiger partial charge on any atom is -0.396 e. The van der Waals surface area contributed by atoms with E-state index in [1.807, 2.05) is 37.3 Å². The second-order valence-corrected chi connectivity index (χ2v) is 4.00. The molecule has 0 aliphatic rings. The third kappa shape index (κ3) is 4.94. The fourth-order valence-electron chi connectivity index (χ4n) is 1.58. The lowest BCUT2D eigenvalue weighted by Gasteiger charge is -2.13. The van der Waals surface area contributed by atoms with Crippen LogP contribution in [0.25, 0.3) is 0 Å². The summed E-state index contributed by atoms with van der Waals surface area (Å²) < 4.78 is 0. The molecule has 0 bridgehead atoms. The Bertz CT molecular complexity index is 311. The first-order chi connectivity index (χ1) is 7.72. The predicted molar refractivity (Wildman–Crippen MR) is 64.1 cm³/mol. The van der Waals surface area contributed by atoms with Gasteiger partial charge in [0.2, 0.25) is 5.91 Å². The van der Waals surface area contributed by atoms with Gasteiger partial charge in [0.1, 0.15) is 0 Å². The van der Waals surface area contributed by atoms with Crippen molar-refractivity contribution in [3.63, 3.8) is 0 Å². The van der Waals surface area contributed by atoms with Gasteiger partial charge in [-0.25, -0.2) is 0 Å². The maximum absolute atomic E-state index is 11.6.